The number of urea groups is 1. The molecule has 0 aromatic rings. The maximum Gasteiger partial charge on any atom is 0.317 e. The number of nitrogens with one attached hydrogen (secondary N) is 1. The van der Waals surface area contributed by atoms with Gasteiger partial charge >= 0.3 is 12.0 Å². The third kappa shape index (κ3) is 5.25. The summed E-state index contributed by atoms with van der Waals surface area (Å²) in [6.45, 7) is 4.96. The summed E-state index contributed by atoms with van der Waals surface area (Å²) in [6.07, 6.45) is 3.51. The molecule has 0 aliphatic heterocycles. The second kappa shape index (κ2) is 8.50. The van der Waals surface area contributed by atoms with Gasteiger partial charge in [0.2, 0.25) is 0 Å². The number of aliphatic carboxylic acids is 1. The van der Waals surface area contributed by atoms with Crippen LogP contribution < -0.4 is 5.32 Å². The fourth-order valence-corrected chi connectivity index (χ4v) is 2.83. The zero-order chi connectivity index (χ0) is 15.8. The van der Waals surface area contributed by atoms with Crippen molar-refractivity contribution in [2.24, 2.45) is 17.8 Å². The molecule has 0 radical (unpaired) electrons. The van der Waals surface area contributed by atoms with E-state index in [1.807, 2.05) is 6.92 Å². The predicted octanol–water partition coefficient (Wildman–Crippen LogP) is 2.07. The summed E-state index contributed by atoms with van der Waals surface area (Å²) in [4.78, 5) is 24.9. The quantitative estimate of drug-likeness (QED) is 0.784. The van der Waals surface area contributed by atoms with Crippen LogP contribution in [0.15, 0.2) is 0 Å². The van der Waals surface area contributed by atoms with E-state index < -0.39 is 5.97 Å². The van der Waals surface area contributed by atoms with Crippen molar-refractivity contribution in [2.45, 2.75) is 39.5 Å². The lowest BCUT2D eigenvalue weighted by Crippen LogP contribution is -2.45. The fourth-order valence-electron chi connectivity index (χ4n) is 2.83. The smallest absolute Gasteiger partial charge is 0.317 e. The number of hydrogen-bond acceptors (Lipinski definition) is 3. The molecule has 0 saturated heterocycles. The molecular weight excluding hydrogens is 270 g/mol. The molecule has 2 amide bonds. The van der Waals surface area contributed by atoms with E-state index in [1.165, 1.54) is 0 Å². The number of amides is 2. The predicted molar refractivity (Wildman–Crippen MR) is 78.5 cm³/mol. The first-order valence-corrected chi connectivity index (χ1v) is 7.64. The minimum absolute atomic E-state index is 0.00676. The number of nitrogens with zero attached hydrogens (tertiary/aromatic N) is 2. The fraction of sp³-hybridized carbons (Fsp3) is 0.800. The Labute approximate surface area is 126 Å². The van der Waals surface area contributed by atoms with E-state index in [1.54, 1.807) is 11.8 Å². The van der Waals surface area contributed by atoms with Crippen LogP contribution in [0.4, 0.5) is 4.79 Å². The van der Waals surface area contributed by atoms with Crippen molar-refractivity contribution in [3.8, 4) is 6.07 Å². The van der Waals surface area contributed by atoms with E-state index in [0.717, 1.165) is 19.3 Å². The monoisotopic (exact) mass is 295 g/mol. The Kier molecular flexibility index (Phi) is 7.00. The van der Waals surface area contributed by atoms with Crippen molar-refractivity contribution in [3.05, 3.63) is 0 Å². The number of carboxylic acid groups (broad SMARTS) is 1. The second-order valence-electron chi connectivity index (χ2n) is 5.74. The molecule has 1 saturated carbocycles. The van der Waals surface area contributed by atoms with E-state index in [0.29, 0.717) is 26.1 Å². The number of carbonyl (C=O) groups is 2. The summed E-state index contributed by atoms with van der Waals surface area (Å²) in [6, 6.07) is 1.90. The van der Waals surface area contributed by atoms with Crippen LogP contribution in [0, 0.1) is 29.1 Å². The van der Waals surface area contributed by atoms with Crippen molar-refractivity contribution >= 4 is 12.0 Å². The molecule has 0 bridgehead atoms. The molecule has 0 aromatic heterocycles. The Morgan fingerprint density at radius 1 is 1.43 bits per heavy atom. The second-order valence-corrected chi connectivity index (χ2v) is 5.74. The van der Waals surface area contributed by atoms with E-state index in [2.05, 4.69) is 11.4 Å². The lowest BCUT2D eigenvalue weighted by Gasteiger charge is -2.30. The first kappa shape index (κ1) is 17.3. The first-order valence-electron chi connectivity index (χ1n) is 7.64. The molecule has 6 heteroatoms. The highest BCUT2D eigenvalue weighted by Gasteiger charge is 2.31. The van der Waals surface area contributed by atoms with Gasteiger partial charge in [0.25, 0.3) is 0 Å². The minimum Gasteiger partial charge on any atom is -0.481 e. The van der Waals surface area contributed by atoms with Crippen LogP contribution in [0.5, 0.6) is 0 Å². The van der Waals surface area contributed by atoms with Crippen molar-refractivity contribution in [2.75, 3.05) is 19.6 Å². The zero-order valence-corrected chi connectivity index (χ0v) is 12.8. The Morgan fingerprint density at radius 2 is 2.10 bits per heavy atom. The number of carbonyl (C=O) groups excluding carboxylic acids is 1. The highest BCUT2D eigenvalue weighted by Crippen LogP contribution is 2.29. The van der Waals surface area contributed by atoms with Gasteiger partial charge in [-0.3, -0.25) is 4.79 Å². The summed E-state index contributed by atoms with van der Waals surface area (Å²) in [5, 5.41) is 20.9. The summed E-state index contributed by atoms with van der Waals surface area (Å²) < 4.78 is 0. The Morgan fingerprint density at radius 3 is 2.67 bits per heavy atom. The topological polar surface area (TPSA) is 93.4 Å². The summed E-state index contributed by atoms with van der Waals surface area (Å²) in [7, 11) is 0. The minimum atomic E-state index is -0.764. The molecule has 3 unspecified atom stereocenters. The average molecular weight is 295 g/mol. The van der Waals surface area contributed by atoms with Gasteiger partial charge in [0.05, 0.1) is 17.9 Å². The number of nitriles is 1. The third-order valence-corrected chi connectivity index (χ3v) is 4.13. The lowest BCUT2D eigenvalue weighted by molar-refractivity contribution is -0.144. The molecule has 0 aromatic carbocycles. The maximum absolute atomic E-state index is 12.1. The Bertz CT molecular complexity index is 405. The van der Waals surface area contributed by atoms with Gasteiger partial charge in [-0.1, -0.05) is 12.8 Å². The Balaban J connectivity index is 2.50. The molecule has 0 spiro atoms. The SMILES string of the molecule is CCN(CC(C)C#N)C(=O)NCC1CCCCC1C(=O)O. The first-order chi connectivity index (χ1) is 9.99. The Hall–Kier alpha value is -1.77. The van der Waals surface area contributed by atoms with Gasteiger partial charge in [-0.25, -0.2) is 4.79 Å². The third-order valence-electron chi connectivity index (χ3n) is 4.13. The lowest BCUT2D eigenvalue weighted by atomic mass is 9.79. The molecule has 21 heavy (non-hydrogen) atoms. The van der Waals surface area contributed by atoms with E-state index in [-0.39, 0.29) is 23.8 Å². The largest absolute Gasteiger partial charge is 0.481 e. The zero-order valence-electron chi connectivity index (χ0n) is 12.8. The highest BCUT2D eigenvalue weighted by atomic mass is 16.4. The van der Waals surface area contributed by atoms with Crippen molar-refractivity contribution in [1.82, 2.24) is 10.2 Å². The van der Waals surface area contributed by atoms with E-state index in [9.17, 15) is 14.7 Å². The van der Waals surface area contributed by atoms with Crippen LogP contribution in [0.25, 0.3) is 0 Å². The van der Waals surface area contributed by atoms with Crippen LogP contribution in [0.2, 0.25) is 0 Å². The van der Waals surface area contributed by atoms with Gasteiger partial charge in [-0.2, -0.15) is 5.26 Å². The van der Waals surface area contributed by atoms with Crippen molar-refractivity contribution < 1.29 is 14.7 Å². The van der Waals surface area contributed by atoms with Crippen LogP contribution in [0.3, 0.4) is 0 Å². The van der Waals surface area contributed by atoms with Crippen LogP contribution in [-0.4, -0.2) is 41.6 Å². The highest BCUT2D eigenvalue weighted by molar-refractivity contribution is 5.74. The van der Waals surface area contributed by atoms with E-state index >= 15 is 0 Å². The molecule has 1 fully saturated rings. The van der Waals surface area contributed by atoms with Crippen molar-refractivity contribution in [3.63, 3.8) is 0 Å². The molecule has 1 aliphatic carbocycles. The summed E-state index contributed by atoms with van der Waals surface area (Å²) >= 11 is 0. The maximum atomic E-state index is 12.1. The summed E-state index contributed by atoms with van der Waals surface area (Å²) in [5.74, 6) is -1.32. The number of rotatable bonds is 6. The van der Waals surface area contributed by atoms with Crippen LogP contribution in [0.1, 0.15) is 39.5 Å². The van der Waals surface area contributed by atoms with Gasteiger partial charge in [-0.05, 0) is 32.6 Å². The molecule has 3 atom stereocenters. The number of hydrogen-bond donors (Lipinski definition) is 2. The van der Waals surface area contributed by atoms with Gasteiger partial charge in [0.15, 0.2) is 0 Å². The van der Waals surface area contributed by atoms with Gasteiger partial charge in [0.1, 0.15) is 0 Å². The molecule has 0 heterocycles. The summed E-state index contributed by atoms with van der Waals surface area (Å²) in [5.41, 5.74) is 0. The molecular formula is C15H25N3O3. The average Bonchev–Trinajstić information content (AvgIpc) is 2.49. The van der Waals surface area contributed by atoms with Crippen LogP contribution >= 0.6 is 0 Å². The molecule has 6 nitrogen and oxygen atoms in total. The molecule has 2 N–H and O–H groups in total. The van der Waals surface area contributed by atoms with Crippen molar-refractivity contribution in [1.29, 1.82) is 5.26 Å². The van der Waals surface area contributed by atoms with Gasteiger partial charge < -0.3 is 15.3 Å². The van der Waals surface area contributed by atoms with E-state index in [4.69, 9.17) is 5.26 Å². The normalized spacial score (nSPS) is 22.9. The van der Waals surface area contributed by atoms with Crippen LogP contribution in [-0.2, 0) is 4.79 Å². The number of carboxylic acids is 1. The molecule has 118 valence electrons. The molecule has 1 aliphatic rings. The molecule has 1 rings (SSSR count). The standard InChI is InChI=1S/C15H25N3O3/c1-3-18(10-11(2)8-16)15(21)17-9-12-6-4-5-7-13(12)14(19)20/h11-13H,3-7,9-10H2,1-2H3,(H,17,21)(H,19,20). The van der Waals surface area contributed by atoms with Gasteiger partial charge in [0, 0.05) is 19.6 Å². The van der Waals surface area contributed by atoms with Gasteiger partial charge in [-0.15, -0.1) is 0 Å².